The smallest absolute Gasteiger partial charge is 0.0635 e. The first-order chi connectivity index (χ1) is 8.29. The fraction of sp³-hybridized carbons (Fsp3) is 0.267. The molecule has 0 aliphatic rings. The Morgan fingerprint density at radius 1 is 1.12 bits per heavy atom. The standard InChI is InChI=1S/C15H16N2/c1-17(10-4-9-16)12-13-7-8-14-5-2-3-6-15(14)11-13/h2-3,5-8,11H,4,10,12H2,1H3. The number of fused-ring (bicyclic) bond motifs is 1. The zero-order valence-electron chi connectivity index (χ0n) is 10.1. The molecule has 0 amide bonds. The van der Waals surface area contributed by atoms with E-state index in [1.54, 1.807) is 0 Å². The molecule has 2 nitrogen and oxygen atoms in total. The van der Waals surface area contributed by atoms with Gasteiger partial charge < -0.3 is 4.90 Å². The molecular formula is C15H16N2. The van der Waals surface area contributed by atoms with E-state index in [2.05, 4.69) is 53.4 Å². The third-order valence-corrected chi connectivity index (χ3v) is 2.87. The van der Waals surface area contributed by atoms with Crippen LogP contribution < -0.4 is 0 Å². The summed E-state index contributed by atoms with van der Waals surface area (Å²) >= 11 is 0. The molecular weight excluding hydrogens is 208 g/mol. The van der Waals surface area contributed by atoms with Crippen molar-refractivity contribution in [3.05, 3.63) is 48.0 Å². The van der Waals surface area contributed by atoms with Crippen molar-refractivity contribution in [1.82, 2.24) is 4.90 Å². The lowest BCUT2D eigenvalue weighted by atomic mass is 10.1. The predicted molar refractivity (Wildman–Crippen MR) is 70.5 cm³/mol. The lowest BCUT2D eigenvalue weighted by molar-refractivity contribution is 0.335. The molecule has 86 valence electrons. The summed E-state index contributed by atoms with van der Waals surface area (Å²) in [4.78, 5) is 2.17. The predicted octanol–water partition coefficient (Wildman–Crippen LogP) is 3.19. The van der Waals surface area contributed by atoms with E-state index in [0.717, 1.165) is 13.1 Å². The van der Waals surface area contributed by atoms with Crippen LogP contribution in [0.4, 0.5) is 0 Å². The molecule has 2 heteroatoms. The molecule has 0 atom stereocenters. The molecule has 2 aromatic carbocycles. The Kier molecular flexibility index (Phi) is 3.74. The quantitative estimate of drug-likeness (QED) is 0.797. The Labute approximate surface area is 102 Å². The molecule has 0 aliphatic carbocycles. The summed E-state index contributed by atoms with van der Waals surface area (Å²) in [5.74, 6) is 0. The number of benzene rings is 2. The molecule has 0 radical (unpaired) electrons. The van der Waals surface area contributed by atoms with Gasteiger partial charge in [0.05, 0.1) is 6.07 Å². The molecule has 0 spiro atoms. The molecule has 0 saturated heterocycles. The lowest BCUT2D eigenvalue weighted by Gasteiger charge is -2.15. The summed E-state index contributed by atoms with van der Waals surface area (Å²) in [5, 5.41) is 11.1. The van der Waals surface area contributed by atoms with Crippen molar-refractivity contribution in [2.24, 2.45) is 0 Å². The average molecular weight is 224 g/mol. The second-order valence-electron chi connectivity index (χ2n) is 4.33. The Hall–Kier alpha value is -1.85. The highest BCUT2D eigenvalue weighted by Gasteiger charge is 2.01. The van der Waals surface area contributed by atoms with Crippen molar-refractivity contribution in [3.8, 4) is 6.07 Å². The molecule has 2 rings (SSSR count). The van der Waals surface area contributed by atoms with Crippen molar-refractivity contribution < 1.29 is 0 Å². The minimum Gasteiger partial charge on any atom is -0.301 e. The molecule has 2 aromatic rings. The summed E-state index contributed by atoms with van der Waals surface area (Å²) in [5.41, 5.74) is 1.30. The molecule has 17 heavy (non-hydrogen) atoms. The third-order valence-electron chi connectivity index (χ3n) is 2.87. The van der Waals surface area contributed by atoms with Crippen LogP contribution in [0.1, 0.15) is 12.0 Å². The molecule has 0 aliphatic heterocycles. The summed E-state index contributed by atoms with van der Waals surface area (Å²) < 4.78 is 0. The first-order valence-electron chi connectivity index (χ1n) is 5.83. The summed E-state index contributed by atoms with van der Waals surface area (Å²) in [6.07, 6.45) is 0.587. The summed E-state index contributed by atoms with van der Waals surface area (Å²) in [6.45, 7) is 1.72. The number of nitrogens with zero attached hydrogens (tertiary/aromatic N) is 2. The second-order valence-corrected chi connectivity index (χ2v) is 4.33. The largest absolute Gasteiger partial charge is 0.301 e. The number of hydrogen-bond acceptors (Lipinski definition) is 2. The van der Waals surface area contributed by atoms with Gasteiger partial charge in [-0.1, -0.05) is 36.4 Å². The summed E-state index contributed by atoms with van der Waals surface area (Å²) in [7, 11) is 2.05. The van der Waals surface area contributed by atoms with Crippen LogP contribution in [0.15, 0.2) is 42.5 Å². The van der Waals surface area contributed by atoms with Crippen LogP contribution in [-0.4, -0.2) is 18.5 Å². The van der Waals surface area contributed by atoms with Crippen LogP contribution in [0.3, 0.4) is 0 Å². The number of rotatable bonds is 4. The number of nitriles is 1. The molecule has 0 aromatic heterocycles. The third kappa shape index (κ3) is 3.05. The van der Waals surface area contributed by atoms with E-state index in [4.69, 9.17) is 5.26 Å². The fourth-order valence-corrected chi connectivity index (χ4v) is 1.97. The maximum atomic E-state index is 8.55. The first kappa shape index (κ1) is 11.6. The highest BCUT2D eigenvalue weighted by molar-refractivity contribution is 5.82. The van der Waals surface area contributed by atoms with Gasteiger partial charge in [-0.2, -0.15) is 5.26 Å². The summed E-state index contributed by atoms with van der Waals surface area (Å²) in [6, 6.07) is 17.1. The molecule has 0 unspecified atom stereocenters. The molecule has 0 fully saturated rings. The monoisotopic (exact) mass is 224 g/mol. The van der Waals surface area contributed by atoms with Crippen LogP contribution in [0.5, 0.6) is 0 Å². The Morgan fingerprint density at radius 2 is 1.88 bits per heavy atom. The Bertz CT molecular complexity index is 540. The van der Waals surface area contributed by atoms with Gasteiger partial charge in [0, 0.05) is 19.5 Å². The SMILES string of the molecule is CN(CCC#N)Cc1ccc2ccccc2c1. The minimum atomic E-state index is 0.587. The topological polar surface area (TPSA) is 27.0 Å². The van der Waals surface area contributed by atoms with Gasteiger partial charge in [0.2, 0.25) is 0 Å². The van der Waals surface area contributed by atoms with E-state index >= 15 is 0 Å². The van der Waals surface area contributed by atoms with Gasteiger partial charge in [-0.3, -0.25) is 0 Å². The highest BCUT2D eigenvalue weighted by atomic mass is 15.1. The van der Waals surface area contributed by atoms with Crippen LogP contribution >= 0.6 is 0 Å². The zero-order chi connectivity index (χ0) is 12.1. The highest BCUT2D eigenvalue weighted by Crippen LogP contribution is 2.16. The van der Waals surface area contributed by atoms with E-state index < -0.39 is 0 Å². The van der Waals surface area contributed by atoms with E-state index in [1.165, 1.54) is 16.3 Å². The average Bonchev–Trinajstić information content (AvgIpc) is 2.36. The van der Waals surface area contributed by atoms with Crippen molar-refractivity contribution in [2.75, 3.05) is 13.6 Å². The normalized spacial score (nSPS) is 10.6. The Balaban J connectivity index is 2.11. The maximum Gasteiger partial charge on any atom is 0.0635 e. The van der Waals surface area contributed by atoms with Gasteiger partial charge in [-0.05, 0) is 29.4 Å². The molecule has 0 saturated carbocycles. The van der Waals surface area contributed by atoms with Crippen LogP contribution in [-0.2, 0) is 6.54 Å². The molecule has 0 bridgehead atoms. The van der Waals surface area contributed by atoms with E-state index in [0.29, 0.717) is 6.42 Å². The van der Waals surface area contributed by atoms with Gasteiger partial charge in [0.15, 0.2) is 0 Å². The van der Waals surface area contributed by atoms with Gasteiger partial charge in [-0.15, -0.1) is 0 Å². The van der Waals surface area contributed by atoms with Crippen LogP contribution in [0.25, 0.3) is 10.8 Å². The van der Waals surface area contributed by atoms with Gasteiger partial charge >= 0.3 is 0 Å². The van der Waals surface area contributed by atoms with Crippen molar-refractivity contribution in [3.63, 3.8) is 0 Å². The van der Waals surface area contributed by atoms with Crippen molar-refractivity contribution >= 4 is 10.8 Å². The van der Waals surface area contributed by atoms with E-state index in [-0.39, 0.29) is 0 Å². The van der Waals surface area contributed by atoms with Gasteiger partial charge in [0.1, 0.15) is 0 Å². The first-order valence-corrected chi connectivity index (χ1v) is 5.83. The van der Waals surface area contributed by atoms with Crippen LogP contribution in [0, 0.1) is 11.3 Å². The van der Waals surface area contributed by atoms with Crippen LogP contribution in [0.2, 0.25) is 0 Å². The maximum absolute atomic E-state index is 8.55. The van der Waals surface area contributed by atoms with E-state index in [9.17, 15) is 0 Å². The Morgan fingerprint density at radius 3 is 2.65 bits per heavy atom. The molecule has 0 N–H and O–H groups in total. The van der Waals surface area contributed by atoms with Crippen molar-refractivity contribution in [1.29, 1.82) is 5.26 Å². The lowest BCUT2D eigenvalue weighted by Crippen LogP contribution is -2.18. The second kappa shape index (κ2) is 5.47. The fourth-order valence-electron chi connectivity index (χ4n) is 1.97. The van der Waals surface area contributed by atoms with E-state index in [1.807, 2.05) is 7.05 Å². The number of hydrogen-bond donors (Lipinski definition) is 0. The molecule has 0 heterocycles. The minimum absolute atomic E-state index is 0.587. The zero-order valence-corrected chi connectivity index (χ0v) is 10.1. The van der Waals surface area contributed by atoms with Gasteiger partial charge in [-0.25, -0.2) is 0 Å². The van der Waals surface area contributed by atoms with Crippen molar-refractivity contribution in [2.45, 2.75) is 13.0 Å². The van der Waals surface area contributed by atoms with Gasteiger partial charge in [0.25, 0.3) is 0 Å².